The van der Waals surface area contributed by atoms with E-state index in [0.717, 1.165) is 18.4 Å². The fourth-order valence-electron chi connectivity index (χ4n) is 1.64. The molecule has 17 heavy (non-hydrogen) atoms. The fourth-order valence-corrected chi connectivity index (χ4v) is 3.25. The third kappa shape index (κ3) is 8.59. The van der Waals surface area contributed by atoms with E-state index in [9.17, 15) is 4.57 Å². The average molecular weight is 262 g/mol. The third-order valence-corrected chi connectivity index (χ3v) is 4.41. The van der Waals surface area contributed by atoms with Crippen LogP contribution in [-0.4, -0.2) is 13.2 Å². The van der Waals surface area contributed by atoms with Gasteiger partial charge in [0.2, 0.25) is 0 Å². The van der Waals surface area contributed by atoms with Crippen LogP contribution in [0, 0.1) is 0 Å². The predicted molar refractivity (Wildman–Crippen MR) is 73.4 cm³/mol. The first kappa shape index (κ1) is 16.9. The van der Waals surface area contributed by atoms with Crippen LogP contribution < -0.4 is 0 Å². The van der Waals surface area contributed by atoms with Gasteiger partial charge in [-0.25, -0.2) is 0 Å². The van der Waals surface area contributed by atoms with Gasteiger partial charge in [-0.2, -0.15) is 0 Å². The maximum absolute atomic E-state index is 12.2. The first-order valence-electron chi connectivity index (χ1n) is 6.65. The number of rotatable bonds is 10. The lowest BCUT2D eigenvalue weighted by molar-refractivity contribution is 0.228. The maximum Gasteiger partial charge on any atom is 0.354 e. The van der Waals surface area contributed by atoms with E-state index >= 15 is 0 Å². The van der Waals surface area contributed by atoms with E-state index in [4.69, 9.17) is 9.05 Å². The molecule has 0 aromatic carbocycles. The van der Waals surface area contributed by atoms with E-state index < -0.39 is 7.60 Å². The van der Waals surface area contributed by atoms with Gasteiger partial charge < -0.3 is 9.05 Å². The molecule has 0 aromatic heterocycles. The second-order valence-corrected chi connectivity index (χ2v) is 6.02. The molecule has 0 amide bonds. The maximum atomic E-state index is 12.2. The molecule has 102 valence electrons. The molecule has 0 fully saturated rings. The molecule has 0 saturated carbocycles. The summed E-state index contributed by atoms with van der Waals surface area (Å²) in [5, 5.41) is 0. The summed E-state index contributed by atoms with van der Waals surface area (Å²) in [6.07, 6.45) is 5.86. The van der Waals surface area contributed by atoms with E-state index in [1.165, 1.54) is 19.3 Å². The minimum atomic E-state index is -2.99. The third-order valence-electron chi connectivity index (χ3n) is 2.42. The van der Waals surface area contributed by atoms with Crippen LogP contribution in [-0.2, 0) is 13.6 Å². The normalized spacial score (nSPS) is 13.1. The van der Waals surface area contributed by atoms with Crippen LogP contribution in [0.25, 0.3) is 0 Å². The zero-order valence-corrected chi connectivity index (χ0v) is 12.6. The summed E-state index contributed by atoms with van der Waals surface area (Å²) in [7, 11) is -2.99. The highest BCUT2D eigenvalue weighted by molar-refractivity contribution is 7.57. The Balaban J connectivity index is 4.23. The fraction of sp³-hybridized carbons (Fsp3) is 0.846. The van der Waals surface area contributed by atoms with Crippen LogP contribution >= 0.6 is 7.60 Å². The monoisotopic (exact) mass is 262 g/mol. The van der Waals surface area contributed by atoms with Crippen LogP contribution in [0.3, 0.4) is 0 Å². The van der Waals surface area contributed by atoms with Crippen molar-refractivity contribution < 1.29 is 13.6 Å². The Morgan fingerprint density at radius 2 is 1.65 bits per heavy atom. The number of allylic oxidation sites excluding steroid dienone is 1. The lowest BCUT2D eigenvalue weighted by Crippen LogP contribution is -1.94. The van der Waals surface area contributed by atoms with Crippen molar-refractivity contribution >= 4 is 7.60 Å². The van der Waals surface area contributed by atoms with Crippen LogP contribution in [0.1, 0.15) is 59.8 Å². The Bertz CT molecular complexity index is 251. The molecular weight excluding hydrogens is 235 g/mol. The minimum absolute atomic E-state index is 0.414. The summed E-state index contributed by atoms with van der Waals surface area (Å²) in [6.45, 7) is 8.68. The van der Waals surface area contributed by atoms with Crippen LogP contribution in [0.15, 0.2) is 11.4 Å². The summed E-state index contributed by atoms with van der Waals surface area (Å²) in [5.74, 6) is 1.69. The molecule has 0 heterocycles. The lowest BCUT2D eigenvalue weighted by Gasteiger charge is -2.14. The van der Waals surface area contributed by atoms with Crippen molar-refractivity contribution in [3.05, 3.63) is 11.4 Å². The minimum Gasteiger partial charge on any atom is -0.306 e. The van der Waals surface area contributed by atoms with Crippen molar-refractivity contribution in [3.63, 3.8) is 0 Å². The van der Waals surface area contributed by atoms with Crippen molar-refractivity contribution in [1.82, 2.24) is 0 Å². The van der Waals surface area contributed by atoms with Crippen molar-refractivity contribution in [3.8, 4) is 0 Å². The summed E-state index contributed by atoms with van der Waals surface area (Å²) >= 11 is 0. The standard InChI is InChI=1S/C13H27O3P/c1-5-8-9-10-11-13(4)12-17(14,15-6-2)16-7-3/h12H,5-11H2,1-4H3/b13-12-. The lowest BCUT2D eigenvalue weighted by atomic mass is 10.1. The summed E-state index contributed by atoms with van der Waals surface area (Å²) in [4.78, 5) is 0. The Hall–Kier alpha value is -0.110. The largest absolute Gasteiger partial charge is 0.354 e. The van der Waals surface area contributed by atoms with E-state index in [1.807, 2.05) is 20.8 Å². The predicted octanol–water partition coefficient (Wildman–Crippen LogP) is 5.13. The Morgan fingerprint density at radius 1 is 1.06 bits per heavy atom. The van der Waals surface area contributed by atoms with Gasteiger partial charge in [0.1, 0.15) is 0 Å². The zero-order chi connectivity index (χ0) is 13.1. The molecule has 0 unspecified atom stereocenters. The van der Waals surface area contributed by atoms with Gasteiger partial charge in [0.25, 0.3) is 0 Å². The van der Waals surface area contributed by atoms with Gasteiger partial charge >= 0.3 is 7.60 Å². The van der Waals surface area contributed by atoms with Gasteiger partial charge in [-0.1, -0.05) is 31.8 Å². The molecule has 0 atom stereocenters. The molecular formula is C13H27O3P. The molecule has 0 spiro atoms. The average Bonchev–Trinajstić information content (AvgIpc) is 2.24. The van der Waals surface area contributed by atoms with E-state index in [1.54, 1.807) is 5.82 Å². The van der Waals surface area contributed by atoms with Crippen molar-refractivity contribution in [2.45, 2.75) is 59.8 Å². The Kier molecular flexibility index (Phi) is 9.81. The topological polar surface area (TPSA) is 35.5 Å². The van der Waals surface area contributed by atoms with Crippen molar-refractivity contribution in [2.75, 3.05) is 13.2 Å². The molecule has 0 saturated heterocycles. The molecule has 0 aliphatic carbocycles. The van der Waals surface area contributed by atoms with Gasteiger partial charge in [0, 0.05) is 5.82 Å². The highest BCUT2D eigenvalue weighted by Gasteiger charge is 2.19. The summed E-state index contributed by atoms with van der Waals surface area (Å²) in [5.41, 5.74) is 1.10. The number of hydrogen-bond acceptors (Lipinski definition) is 3. The first-order valence-corrected chi connectivity index (χ1v) is 8.26. The van der Waals surface area contributed by atoms with Gasteiger partial charge in [-0.05, 0) is 33.6 Å². The molecule has 0 bridgehead atoms. The highest BCUT2D eigenvalue weighted by Crippen LogP contribution is 2.50. The molecule has 0 N–H and O–H groups in total. The van der Waals surface area contributed by atoms with Crippen LogP contribution in [0.4, 0.5) is 0 Å². The highest BCUT2D eigenvalue weighted by atomic mass is 31.2. The quantitative estimate of drug-likeness (QED) is 0.404. The van der Waals surface area contributed by atoms with Gasteiger partial charge in [0.15, 0.2) is 0 Å². The SMILES string of the molecule is CCCCCC/C(C)=C\P(=O)(OCC)OCC. The smallest absolute Gasteiger partial charge is 0.306 e. The Labute approximate surface area is 106 Å². The molecule has 0 aromatic rings. The van der Waals surface area contributed by atoms with E-state index in [0.29, 0.717) is 13.2 Å². The first-order chi connectivity index (χ1) is 8.08. The van der Waals surface area contributed by atoms with Gasteiger partial charge in [-0.15, -0.1) is 0 Å². The molecule has 3 nitrogen and oxygen atoms in total. The summed E-state index contributed by atoms with van der Waals surface area (Å²) in [6, 6.07) is 0. The van der Waals surface area contributed by atoms with Gasteiger partial charge in [0.05, 0.1) is 13.2 Å². The van der Waals surface area contributed by atoms with Gasteiger partial charge in [-0.3, -0.25) is 4.57 Å². The number of hydrogen-bond donors (Lipinski definition) is 0. The molecule has 4 heteroatoms. The molecule has 0 radical (unpaired) electrons. The van der Waals surface area contributed by atoms with Crippen molar-refractivity contribution in [1.29, 1.82) is 0 Å². The van der Waals surface area contributed by atoms with E-state index in [-0.39, 0.29) is 0 Å². The van der Waals surface area contributed by atoms with Crippen LogP contribution in [0.5, 0.6) is 0 Å². The molecule has 0 aliphatic heterocycles. The number of unbranched alkanes of at least 4 members (excludes halogenated alkanes) is 3. The summed E-state index contributed by atoms with van der Waals surface area (Å²) < 4.78 is 22.6. The molecule has 0 rings (SSSR count). The Morgan fingerprint density at radius 3 is 2.12 bits per heavy atom. The van der Waals surface area contributed by atoms with Crippen LogP contribution in [0.2, 0.25) is 0 Å². The second-order valence-electron chi connectivity index (χ2n) is 4.16. The molecule has 0 aliphatic rings. The van der Waals surface area contributed by atoms with Crippen molar-refractivity contribution in [2.24, 2.45) is 0 Å². The second kappa shape index (κ2) is 9.87. The zero-order valence-electron chi connectivity index (χ0n) is 11.7. The van der Waals surface area contributed by atoms with E-state index in [2.05, 4.69) is 6.92 Å².